The van der Waals surface area contributed by atoms with Crippen LogP contribution in [0, 0.1) is 0 Å². The van der Waals surface area contributed by atoms with Crippen LogP contribution >= 0.6 is 11.8 Å². The summed E-state index contributed by atoms with van der Waals surface area (Å²) in [4.78, 5) is 27.7. The summed E-state index contributed by atoms with van der Waals surface area (Å²) in [5, 5.41) is 9.07. The average Bonchev–Trinajstić information content (AvgIpc) is 3.27. The van der Waals surface area contributed by atoms with Crippen molar-refractivity contribution in [2.45, 2.75) is 44.2 Å². The summed E-state index contributed by atoms with van der Waals surface area (Å²) in [6, 6.07) is 0.298. The van der Waals surface area contributed by atoms with Crippen LogP contribution in [0.3, 0.4) is 0 Å². The van der Waals surface area contributed by atoms with Gasteiger partial charge in [-0.05, 0) is 20.3 Å². The SMILES string of the molecule is CC(CCSc1ncnc2c1ncn2C(C)C)c1nnc2c(=O)[nH]ccn12. The van der Waals surface area contributed by atoms with E-state index in [0.29, 0.717) is 11.7 Å². The number of nitrogens with one attached hydrogen (secondary N) is 1. The highest BCUT2D eigenvalue weighted by molar-refractivity contribution is 7.99. The molecule has 10 heteroatoms. The molecule has 1 atom stereocenters. The lowest BCUT2D eigenvalue weighted by molar-refractivity contribution is 0.612. The number of rotatable bonds is 6. The second-order valence-electron chi connectivity index (χ2n) is 6.68. The number of H-pyrrole nitrogens is 1. The molecule has 27 heavy (non-hydrogen) atoms. The monoisotopic (exact) mass is 384 g/mol. The van der Waals surface area contributed by atoms with E-state index >= 15 is 0 Å². The molecule has 0 aromatic carbocycles. The molecule has 0 saturated heterocycles. The molecule has 0 aliphatic heterocycles. The van der Waals surface area contributed by atoms with Crippen LogP contribution in [0.5, 0.6) is 0 Å². The highest BCUT2D eigenvalue weighted by atomic mass is 32.2. The molecule has 9 nitrogen and oxygen atoms in total. The quantitative estimate of drug-likeness (QED) is 0.402. The van der Waals surface area contributed by atoms with Crippen molar-refractivity contribution < 1.29 is 0 Å². The lowest BCUT2D eigenvalue weighted by atomic mass is 10.1. The molecule has 4 aromatic rings. The van der Waals surface area contributed by atoms with Gasteiger partial charge in [0.15, 0.2) is 5.65 Å². The van der Waals surface area contributed by atoms with Gasteiger partial charge in [-0.15, -0.1) is 22.0 Å². The van der Waals surface area contributed by atoms with E-state index in [1.54, 1.807) is 34.9 Å². The van der Waals surface area contributed by atoms with Crippen LogP contribution in [0.4, 0.5) is 0 Å². The second kappa shape index (κ2) is 7.10. The fourth-order valence-electron chi connectivity index (χ4n) is 2.97. The predicted octanol–water partition coefficient (Wildman–Crippen LogP) is 2.42. The lowest BCUT2D eigenvalue weighted by Crippen LogP contribution is -2.10. The van der Waals surface area contributed by atoms with E-state index in [2.05, 4.69) is 50.9 Å². The molecular formula is C17H20N8OS. The largest absolute Gasteiger partial charge is 0.324 e. The Kier molecular flexibility index (Phi) is 4.65. The van der Waals surface area contributed by atoms with Crippen LogP contribution in [0.15, 0.2) is 34.9 Å². The van der Waals surface area contributed by atoms with Crippen molar-refractivity contribution >= 4 is 28.6 Å². The summed E-state index contributed by atoms with van der Waals surface area (Å²) in [6.07, 6.45) is 7.66. The Labute approximate surface area is 159 Å². The van der Waals surface area contributed by atoms with Gasteiger partial charge < -0.3 is 9.55 Å². The fraction of sp³-hybridized carbons (Fsp3) is 0.412. The van der Waals surface area contributed by atoms with Gasteiger partial charge in [0.25, 0.3) is 5.56 Å². The normalized spacial score (nSPS) is 13.0. The third-order valence-electron chi connectivity index (χ3n) is 4.48. The summed E-state index contributed by atoms with van der Waals surface area (Å²) >= 11 is 1.66. The van der Waals surface area contributed by atoms with Gasteiger partial charge in [0.2, 0.25) is 5.65 Å². The molecule has 0 amide bonds. The van der Waals surface area contributed by atoms with Gasteiger partial charge in [-0.2, -0.15) is 0 Å². The third-order valence-corrected chi connectivity index (χ3v) is 5.49. The van der Waals surface area contributed by atoms with Gasteiger partial charge in [0.1, 0.15) is 22.7 Å². The number of hydrogen-bond donors (Lipinski definition) is 1. The standard InChI is InChI=1S/C17H20N8OS/c1-10(2)25-9-21-12-14(25)19-8-20-17(12)27-7-4-11(3)13-22-23-15-16(26)18-5-6-24(13)15/h5-6,8-11H,4,7H2,1-3H3,(H,18,26). The minimum atomic E-state index is -0.234. The van der Waals surface area contributed by atoms with E-state index in [4.69, 9.17) is 0 Å². The summed E-state index contributed by atoms with van der Waals surface area (Å²) in [7, 11) is 0. The molecule has 0 fully saturated rings. The topological polar surface area (TPSA) is 107 Å². The molecule has 1 unspecified atom stereocenters. The van der Waals surface area contributed by atoms with Crippen molar-refractivity contribution in [2.75, 3.05) is 5.75 Å². The van der Waals surface area contributed by atoms with E-state index in [1.807, 2.05) is 10.9 Å². The van der Waals surface area contributed by atoms with Crippen LogP contribution in [0.1, 0.15) is 45.0 Å². The maximum absolute atomic E-state index is 11.8. The summed E-state index contributed by atoms with van der Waals surface area (Å²) in [6.45, 7) is 6.29. The lowest BCUT2D eigenvalue weighted by Gasteiger charge is -2.09. The number of hydrogen-bond acceptors (Lipinski definition) is 7. The minimum absolute atomic E-state index is 0.153. The first kappa shape index (κ1) is 17.7. The molecule has 4 rings (SSSR count). The molecule has 0 spiro atoms. The van der Waals surface area contributed by atoms with E-state index in [-0.39, 0.29) is 11.5 Å². The summed E-state index contributed by atoms with van der Waals surface area (Å²) in [5.41, 5.74) is 1.78. The number of fused-ring (bicyclic) bond motifs is 2. The molecule has 0 aliphatic carbocycles. The molecule has 4 aromatic heterocycles. The molecular weight excluding hydrogens is 364 g/mol. The maximum Gasteiger partial charge on any atom is 0.293 e. The zero-order valence-corrected chi connectivity index (χ0v) is 16.1. The van der Waals surface area contributed by atoms with E-state index in [1.165, 1.54) is 0 Å². The van der Waals surface area contributed by atoms with Gasteiger partial charge >= 0.3 is 0 Å². The van der Waals surface area contributed by atoms with Crippen molar-refractivity contribution in [3.8, 4) is 0 Å². The summed E-state index contributed by atoms with van der Waals surface area (Å²) in [5.74, 6) is 1.79. The Morgan fingerprint density at radius 1 is 1.15 bits per heavy atom. The Balaban J connectivity index is 1.49. The van der Waals surface area contributed by atoms with Crippen LogP contribution in [0.25, 0.3) is 16.8 Å². The van der Waals surface area contributed by atoms with Crippen molar-refractivity contribution in [1.82, 2.24) is 39.1 Å². The predicted molar refractivity (Wildman–Crippen MR) is 103 cm³/mol. The molecule has 1 N–H and O–H groups in total. The van der Waals surface area contributed by atoms with Crippen molar-refractivity contribution in [1.29, 1.82) is 0 Å². The zero-order chi connectivity index (χ0) is 19.0. The number of aromatic nitrogens is 8. The van der Waals surface area contributed by atoms with Gasteiger partial charge in [-0.25, -0.2) is 15.0 Å². The Bertz CT molecular complexity index is 1140. The third kappa shape index (κ3) is 3.20. The zero-order valence-electron chi connectivity index (χ0n) is 15.3. The molecule has 140 valence electrons. The Morgan fingerprint density at radius 3 is 2.81 bits per heavy atom. The first-order valence-corrected chi connectivity index (χ1v) is 9.77. The van der Waals surface area contributed by atoms with Crippen LogP contribution in [-0.2, 0) is 0 Å². The van der Waals surface area contributed by atoms with Gasteiger partial charge in [-0.1, -0.05) is 6.92 Å². The maximum atomic E-state index is 11.8. The molecule has 0 aliphatic rings. The Morgan fingerprint density at radius 2 is 2.00 bits per heavy atom. The average molecular weight is 384 g/mol. The second-order valence-corrected chi connectivity index (χ2v) is 7.76. The van der Waals surface area contributed by atoms with Crippen LogP contribution in [0.2, 0.25) is 0 Å². The highest BCUT2D eigenvalue weighted by Crippen LogP contribution is 2.27. The molecule has 0 radical (unpaired) electrons. The fourth-order valence-corrected chi connectivity index (χ4v) is 4.04. The molecule has 0 bridgehead atoms. The number of imidazole rings is 1. The summed E-state index contributed by atoms with van der Waals surface area (Å²) < 4.78 is 3.80. The highest BCUT2D eigenvalue weighted by Gasteiger charge is 2.16. The Hall–Kier alpha value is -2.75. The van der Waals surface area contributed by atoms with Crippen molar-refractivity contribution in [3.05, 3.63) is 41.2 Å². The number of aromatic amines is 1. The smallest absolute Gasteiger partial charge is 0.293 e. The minimum Gasteiger partial charge on any atom is -0.324 e. The first-order chi connectivity index (χ1) is 13.1. The van der Waals surface area contributed by atoms with Crippen LogP contribution < -0.4 is 5.56 Å². The number of nitrogens with zero attached hydrogens (tertiary/aromatic N) is 7. The van der Waals surface area contributed by atoms with Crippen molar-refractivity contribution in [2.24, 2.45) is 0 Å². The van der Waals surface area contributed by atoms with Gasteiger partial charge in [0.05, 0.1) is 6.33 Å². The van der Waals surface area contributed by atoms with Crippen molar-refractivity contribution in [3.63, 3.8) is 0 Å². The molecule has 4 heterocycles. The first-order valence-electron chi connectivity index (χ1n) is 8.79. The van der Waals surface area contributed by atoms with Gasteiger partial charge in [0, 0.05) is 30.1 Å². The van der Waals surface area contributed by atoms with Crippen LogP contribution in [-0.4, -0.2) is 44.9 Å². The van der Waals surface area contributed by atoms with E-state index < -0.39 is 0 Å². The number of thioether (sulfide) groups is 1. The van der Waals surface area contributed by atoms with E-state index in [0.717, 1.165) is 34.2 Å². The van der Waals surface area contributed by atoms with E-state index in [9.17, 15) is 4.79 Å². The molecule has 0 saturated carbocycles. The van der Waals surface area contributed by atoms with Gasteiger partial charge in [-0.3, -0.25) is 9.20 Å².